The molecule has 0 fully saturated rings. The zero-order valence-electron chi connectivity index (χ0n) is 11.6. The number of unbranched alkanes of at least 4 members (excludes halogenated alkanes) is 7. The lowest BCUT2D eigenvalue weighted by atomic mass is 10.0. The second kappa shape index (κ2) is 13.9. The highest BCUT2D eigenvalue weighted by Gasteiger charge is 2.09. The Morgan fingerprint density at radius 3 is 1.88 bits per heavy atom. The summed E-state index contributed by atoms with van der Waals surface area (Å²) in [5.74, 6) is 0. The van der Waals surface area contributed by atoms with E-state index in [0.717, 1.165) is 25.7 Å². The van der Waals surface area contributed by atoms with Gasteiger partial charge in [-0.15, -0.1) is 0 Å². The zero-order valence-corrected chi connectivity index (χ0v) is 11.6. The van der Waals surface area contributed by atoms with Gasteiger partial charge < -0.3 is 0 Å². The van der Waals surface area contributed by atoms with Gasteiger partial charge in [0.05, 0.1) is 6.10 Å². The van der Waals surface area contributed by atoms with E-state index in [1.165, 1.54) is 44.9 Å². The fraction of sp³-hybridized carbons (Fsp3) is 1.00. The monoisotopic (exact) mass is 246 g/mol. The summed E-state index contributed by atoms with van der Waals surface area (Å²) < 4.78 is 0. The van der Waals surface area contributed by atoms with Crippen LogP contribution in [-0.2, 0) is 9.93 Å². The van der Waals surface area contributed by atoms with Crippen LogP contribution in [0.2, 0.25) is 0 Å². The average molecular weight is 246 g/mol. The number of rotatable bonds is 13. The molecule has 0 rings (SSSR count). The van der Waals surface area contributed by atoms with Crippen molar-refractivity contribution in [3.05, 3.63) is 0 Å². The van der Waals surface area contributed by atoms with Crippen molar-refractivity contribution in [3.8, 4) is 0 Å². The first-order chi connectivity index (χ1) is 8.35. The SMILES string of the molecule is CCCCCCCCCC(CCCC)OOO. The zero-order chi connectivity index (χ0) is 12.8. The molecule has 0 aliphatic rings. The number of hydrogen-bond acceptors (Lipinski definition) is 3. The average Bonchev–Trinajstić information content (AvgIpc) is 2.34. The third-order valence-corrected chi connectivity index (χ3v) is 3.19. The van der Waals surface area contributed by atoms with Crippen LogP contribution in [-0.4, -0.2) is 11.4 Å². The van der Waals surface area contributed by atoms with Gasteiger partial charge in [0.15, 0.2) is 0 Å². The largest absolute Gasteiger partial charge is 0.221 e. The molecule has 1 unspecified atom stereocenters. The fourth-order valence-electron chi connectivity index (χ4n) is 2.06. The van der Waals surface area contributed by atoms with Crippen LogP contribution in [0, 0.1) is 0 Å². The summed E-state index contributed by atoms with van der Waals surface area (Å²) in [6, 6.07) is 0. The summed E-state index contributed by atoms with van der Waals surface area (Å²) in [7, 11) is 0. The van der Waals surface area contributed by atoms with Crippen LogP contribution in [0.4, 0.5) is 0 Å². The van der Waals surface area contributed by atoms with Crippen molar-refractivity contribution in [2.75, 3.05) is 0 Å². The molecule has 0 aliphatic carbocycles. The van der Waals surface area contributed by atoms with Gasteiger partial charge in [-0.05, 0) is 12.8 Å². The van der Waals surface area contributed by atoms with Crippen molar-refractivity contribution in [3.63, 3.8) is 0 Å². The van der Waals surface area contributed by atoms with Crippen molar-refractivity contribution in [2.45, 2.75) is 90.6 Å². The Morgan fingerprint density at radius 2 is 1.29 bits per heavy atom. The Balaban J connectivity index is 3.34. The molecule has 0 saturated carbocycles. The van der Waals surface area contributed by atoms with Crippen molar-refractivity contribution in [2.24, 2.45) is 0 Å². The molecule has 0 aromatic carbocycles. The highest BCUT2D eigenvalue weighted by Crippen LogP contribution is 2.15. The molecule has 17 heavy (non-hydrogen) atoms. The van der Waals surface area contributed by atoms with Crippen LogP contribution in [0.1, 0.15) is 84.5 Å². The Kier molecular flexibility index (Phi) is 13.8. The molecule has 0 aromatic heterocycles. The van der Waals surface area contributed by atoms with Crippen LogP contribution in [0.5, 0.6) is 0 Å². The smallest absolute Gasteiger partial charge is 0.0961 e. The molecule has 0 heterocycles. The number of hydrogen-bond donors (Lipinski definition) is 1. The molecule has 0 amide bonds. The Labute approximate surface area is 106 Å². The molecule has 3 nitrogen and oxygen atoms in total. The first-order valence-corrected chi connectivity index (χ1v) is 7.32. The van der Waals surface area contributed by atoms with Crippen molar-refractivity contribution in [1.82, 2.24) is 0 Å². The summed E-state index contributed by atoms with van der Waals surface area (Å²) in [5, 5.41) is 12.1. The first kappa shape index (κ1) is 16.9. The molecule has 1 N–H and O–H groups in total. The molecule has 0 saturated heterocycles. The van der Waals surface area contributed by atoms with Crippen LogP contribution in [0.15, 0.2) is 0 Å². The summed E-state index contributed by atoms with van der Waals surface area (Å²) in [4.78, 5) is 4.84. The molecule has 0 aliphatic heterocycles. The van der Waals surface area contributed by atoms with Crippen LogP contribution < -0.4 is 0 Å². The molecule has 1 atom stereocenters. The molecule has 104 valence electrons. The predicted molar refractivity (Wildman–Crippen MR) is 70.7 cm³/mol. The molecule has 0 aromatic rings. The van der Waals surface area contributed by atoms with E-state index in [2.05, 4.69) is 18.9 Å². The van der Waals surface area contributed by atoms with Crippen molar-refractivity contribution < 1.29 is 15.2 Å². The molecular weight excluding hydrogens is 216 g/mol. The predicted octanol–water partition coefficient (Wildman–Crippen LogP) is 5.11. The highest BCUT2D eigenvalue weighted by molar-refractivity contribution is 4.57. The van der Waals surface area contributed by atoms with E-state index in [0.29, 0.717) is 0 Å². The minimum absolute atomic E-state index is 0.0654. The van der Waals surface area contributed by atoms with E-state index in [1.54, 1.807) is 0 Å². The van der Waals surface area contributed by atoms with E-state index in [1.807, 2.05) is 0 Å². The Bertz CT molecular complexity index is 139. The second-order valence-corrected chi connectivity index (χ2v) is 4.84. The molecule has 3 heteroatoms. The van der Waals surface area contributed by atoms with Gasteiger partial charge in [-0.25, -0.2) is 10.1 Å². The standard InChI is InChI=1S/C14H30O3/c1-3-5-7-8-9-10-11-13-14(16-17-15)12-6-4-2/h14-15H,3-13H2,1-2H3. The maximum atomic E-state index is 8.31. The van der Waals surface area contributed by atoms with E-state index in [4.69, 9.17) is 10.1 Å². The van der Waals surface area contributed by atoms with Gasteiger partial charge in [0, 0.05) is 0 Å². The van der Waals surface area contributed by atoms with Gasteiger partial charge in [-0.3, -0.25) is 0 Å². The highest BCUT2D eigenvalue weighted by atomic mass is 17.5. The van der Waals surface area contributed by atoms with Gasteiger partial charge >= 0.3 is 0 Å². The molecule has 0 bridgehead atoms. The topological polar surface area (TPSA) is 38.7 Å². The van der Waals surface area contributed by atoms with Gasteiger partial charge in [0.1, 0.15) is 0 Å². The summed E-state index contributed by atoms with van der Waals surface area (Å²) >= 11 is 0. The third kappa shape index (κ3) is 12.1. The van der Waals surface area contributed by atoms with Gasteiger partial charge in [0.25, 0.3) is 0 Å². The van der Waals surface area contributed by atoms with Gasteiger partial charge in [-0.1, -0.05) is 76.7 Å². The van der Waals surface area contributed by atoms with Crippen molar-refractivity contribution in [1.29, 1.82) is 0 Å². The van der Waals surface area contributed by atoms with Crippen molar-refractivity contribution >= 4 is 0 Å². The summed E-state index contributed by atoms with van der Waals surface area (Å²) in [6.07, 6.45) is 13.5. The van der Waals surface area contributed by atoms with Crippen LogP contribution in [0.3, 0.4) is 0 Å². The maximum absolute atomic E-state index is 8.31. The van der Waals surface area contributed by atoms with Gasteiger partial charge in [-0.2, -0.15) is 0 Å². The van der Waals surface area contributed by atoms with E-state index in [9.17, 15) is 0 Å². The lowest BCUT2D eigenvalue weighted by Gasteiger charge is -2.13. The molecule has 0 radical (unpaired) electrons. The quantitative estimate of drug-likeness (QED) is 0.279. The normalized spacial score (nSPS) is 12.9. The lowest BCUT2D eigenvalue weighted by Crippen LogP contribution is -2.12. The van der Waals surface area contributed by atoms with Gasteiger partial charge in [0.2, 0.25) is 0 Å². The Morgan fingerprint density at radius 1 is 0.765 bits per heavy atom. The fourth-order valence-corrected chi connectivity index (χ4v) is 2.06. The minimum atomic E-state index is 0.0654. The maximum Gasteiger partial charge on any atom is 0.0961 e. The van der Waals surface area contributed by atoms with E-state index < -0.39 is 0 Å². The first-order valence-electron chi connectivity index (χ1n) is 7.32. The summed E-state index contributed by atoms with van der Waals surface area (Å²) in [6.45, 7) is 4.40. The van der Waals surface area contributed by atoms with Crippen LogP contribution in [0.25, 0.3) is 0 Å². The summed E-state index contributed by atoms with van der Waals surface area (Å²) in [5.41, 5.74) is 0. The van der Waals surface area contributed by atoms with E-state index >= 15 is 0 Å². The van der Waals surface area contributed by atoms with E-state index in [-0.39, 0.29) is 6.10 Å². The third-order valence-electron chi connectivity index (χ3n) is 3.19. The molecular formula is C14H30O3. The lowest BCUT2D eigenvalue weighted by molar-refractivity contribution is -0.507. The molecule has 0 spiro atoms. The minimum Gasteiger partial charge on any atom is -0.221 e. The Hall–Kier alpha value is -0.120. The second-order valence-electron chi connectivity index (χ2n) is 4.84. The van der Waals surface area contributed by atoms with Crippen LogP contribution >= 0.6 is 0 Å².